The van der Waals surface area contributed by atoms with Crippen LogP contribution in [0.15, 0.2) is 42.7 Å². The van der Waals surface area contributed by atoms with Crippen LogP contribution in [0.4, 0.5) is 0 Å². The van der Waals surface area contributed by atoms with E-state index in [-0.39, 0.29) is 0 Å². The molecular weight excluding hydrogens is 188 g/mol. The second-order valence-electron chi connectivity index (χ2n) is 3.32. The number of benzene rings is 1. The average Bonchev–Trinajstić information content (AvgIpc) is 2.77. The molecule has 0 saturated heterocycles. The maximum absolute atomic E-state index is 10.9. The van der Waals surface area contributed by atoms with Crippen LogP contribution in [0.1, 0.15) is 12.0 Å². The van der Waals surface area contributed by atoms with Gasteiger partial charge >= 0.3 is 0 Å². The lowest BCUT2D eigenvalue weighted by atomic mass is 10.0. The second-order valence-corrected chi connectivity index (χ2v) is 3.32. The third-order valence-corrected chi connectivity index (χ3v) is 2.18. The SMILES string of the molecule is O=CC1(C#Cc2ccccc2)CC=CO1. The molecule has 1 aliphatic rings. The summed E-state index contributed by atoms with van der Waals surface area (Å²) in [5.74, 6) is 5.79. The Hall–Kier alpha value is -2.01. The van der Waals surface area contributed by atoms with Crippen molar-refractivity contribution in [1.82, 2.24) is 0 Å². The molecule has 1 aliphatic heterocycles. The van der Waals surface area contributed by atoms with Gasteiger partial charge in [-0.2, -0.15) is 0 Å². The third kappa shape index (κ3) is 2.08. The zero-order valence-corrected chi connectivity index (χ0v) is 8.14. The monoisotopic (exact) mass is 198 g/mol. The summed E-state index contributed by atoms with van der Waals surface area (Å²) >= 11 is 0. The van der Waals surface area contributed by atoms with Crippen LogP contribution in [0.5, 0.6) is 0 Å². The highest BCUT2D eigenvalue weighted by Gasteiger charge is 2.30. The molecule has 1 unspecified atom stereocenters. The molecule has 1 heterocycles. The Morgan fingerprint density at radius 1 is 1.33 bits per heavy atom. The zero-order chi connectivity index (χ0) is 10.6. The van der Waals surface area contributed by atoms with Crippen molar-refractivity contribution in [2.45, 2.75) is 12.0 Å². The van der Waals surface area contributed by atoms with Crippen LogP contribution >= 0.6 is 0 Å². The van der Waals surface area contributed by atoms with E-state index in [1.54, 1.807) is 6.08 Å². The van der Waals surface area contributed by atoms with E-state index in [0.717, 1.165) is 11.8 Å². The highest BCUT2D eigenvalue weighted by atomic mass is 16.5. The van der Waals surface area contributed by atoms with Crippen molar-refractivity contribution >= 4 is 6.29 Å². The highest BCUT2D eigenvalue weighted by molar-refractivity contribution is 5.70. The molecule has 1 aromatic rings. The molecule has 0 amide bonds. The van der Waals surface area contributed by atoms with Gasteiger partial charge in [-0.3, -0.25) is 4.79 Å². The molecule has 0 saturated carbocycles. The van der Waals surface area contributed by atoms with Crippen LogP contribution < -0.4 is 0 Å². The Bertz CT molecular complexity index is 427. The molecule has 0 aromatic heterocycles. The summed E-state index contributed by atoms with van der Waals surface area (Å²) in [6, 6.07) is 9.53. The first-order chi connectivity index (χ1) is 7.35. The molecule has 2 rings (SSSR count). The quantitative estimate of drug-likeness (QED) is 0.509. The first-order valence-electron chi connectivity index (χ1n) is 4.72. The molecule has 0 aliphatic carbocycles. The van der Waals surface area contributed by atoms with E-state index in [4.69, 9.17) is 4.74 Å². The number of ether oxygens (including phenoxy) is 1. The van der Waals surface area contributed by atoms with Gasteiger partial charge in [-0.05, 0) is 24.1 Å². The summed E-state index contributed by atoms with van der Waals surface area (Å²) in [7, 11) is 0. The highest BCUT2D eigenvalue weighted by Crippen LogP contribution is 2.20. The van der Waals surface area contributed by atoms with Gasteiger partial charge in [0.05, 0.1) is 6.26 Å². The van der Waals surface area contributed by atoms with Crippen LogP contribution in [-0.4, -0.2) is 11.9 Å². The van der Waals surface area contributed by atoms with Crippen molar-refractivity contribution < 1.29 is 9.53 Å². The summed E-state index contributed by atoms with van der Waals surface area (Å²) in [5.41, 5.74) is -0.0789. The van der Waals surface area contributed by atoms with Gasteiger partial charge in [-0.25, -0.2) is 0 Å². The third-order valence-electron chi connectivity index (χ3n) is 2.18. The van der Waals surface area contributed by atoms with E-state index in [1.807, 2.05) is 30.3 Å². The van der Waals surface area contributed by atoms with E-state index in [0.29, 0.717) is 6.42 Å². The van der Waals surface area contributed by atoms with Crippen LogP contribution in [0.25, 0.3) is 0 Å². The lowest BCUT2D eigenvalue weighted by Crippen LogP contribution is -2.27. The fraction of sp³-hybridized carbons (Fsp3) is 0.154. The van der Waals surface area contributed by atoms with Crippen LogP contribution in [0.2, 0.25) is 0 Å². The number of carbonyl (C=O) groups is 1. The topological polar surface area (TPSA) is 26.3 Å². The molecule has 74 valence electrons. The van der Waals surface area contributed by atoms with Crippen molar-refractivity contribution in [1.29, 1.82) is 0 Å². The first-order valence-corrected chi connectivity index (χ1v) is 4.72. The number of rotatable bonds is 1. The van der Waals surface area contributed by atoms with Crippen molar-refractivity contribution in [3.63, 3.8) is 0 Å². The number of aldehydes is 1. The van der Waals surface area contributed by atoms with Gasteiger partial charge in [-0.15, -0.1) is 0 Å². The maximum Gasteiger partial charge on any atom is 0.227 e. The molecule has 1 aromatic carbocycles. The molecule has 2 nitrogen and oxygen atoms in total. The van der Waals surface area contributed by atoms with Gasteiger partial charge in [0.25, 0.3) is 0 Å². The molecule has 0 spiro atoms. The lowest BCUT2D eigenvalue weighted by molar-refractivity contribution is -0.118. The van der Waals surface area contributed by atoms with Gasteiger partial charge in [0.2, 0.25) is 5.60 Å². The molecule has 0 fully saturated rings. The fourth-order valence-corrected chi connectivity index (χ4v) is 1.33. The van der Waals surface area contributed by atoms with E-state index < -0.39 is 5.60 Å². The minimum absolute atomic E-state index is 0.524. The Morgan fingerprint density at radius 3 is 2.73 bits per heavy atom. The van der Waals surface area contributed by atoms with E-state index in [2.05, 4.69) is 11.8 Å². The zero-order valence-electron chi connectivity index (χ0n) is 8.14. The molecule has 0 N–H and O–H groups in total. The van der Waals surface area contributed by atoms with E-state index in [9.17, 15) is 4.79 Å². The summed E-state index contributed by atoms with van der Waals surface area (Å²) in [5, 5.41) is 0. The Morgan fingerprint density at radius 2 is 2.13 bits per heavy atom. The molecule has 0 radical (unpaired) electrons. The maximum atomic E-state index is 10.9. The molecule has 15 heavy (non-hydrogen) atoms. The molecule has 2 heteroatoms. The Kier molecular flexibility index (Phi) is 2.55. The Labute approximate surface area is 88.6 Å². The van der Waals surface area contributed by atoms with Gasteiger partial charge in [0.1, 0.15) is 0 Å². The predicted octanol–water partition coefficient (Wildman–Crippen LogP) is 1.91. The van der Waals surface area contributed by atoms with Crippen LogP contribution in [0, 0.1) is 11.8 Å². The second kappa shape index (κ2) is 4.02. The van der Waals surface area contributed by atoms with Gasteiger partial charge in [0.15, 0.2) is 6.29 Å². The summed E-state index contributed by atoms with van der Waals surface area (Å²) in [6.07, 6.45) is 4.60. The van der Waals surface area contributed by atoms with Gasteiger partial charge < -0.3 is 4.74 Å². The smallest absolute Gasteiger partial charge is 0.227 e. The number of hydrogen-bond acceptors (Lipinski definition) is 2. The van der Waals surface area contributed by atoms with Crippen molar-refractivity contribution in [3.05, 3.63) is 48.2 Å². The lowest BCUT2D eigenvalue weighted by Gasteiger charge is -2.13. The van der Waals surface area contributed by atoms with Crippen LogP contribution in [0.3, 0.4) is 0 Å². The predicted molar refractivity (Wildman–Crippen MR) is 57.0 cm³/mol. The average molecular weight is 198 g/mol. The largest absolute Gasteiger partial charge is 0.475 e. The standard InChI is InChI=1S/C13H10O2/c14-11-13(8-4-10-15-13)9-7-12-5-2-1-3-6-12/h1-6,10-11H,8H2. The van der Waals surface area contributed by atoms with Gasteiger partial charge in [-0.1, -0.05) is 24.1 Å². The van der Waals surface area contributed by atoms with E-state index >= 15 is 0 Å². The minimum Gasteiger partial charge on any atom is -0.475 e. The summed E-state index contributed by atoms with van der Waals surface area (Å²) in [4.78, 5) is 10.9. The fourth-order valence-electron chi connectivity index (χ4n) is 1.33. The van der Waals surface area contributed by atoms with Crippen molar-refractivity contribution in [2.24, 2.45) is 0 Å². The summed E-state index contributed by atoms with van der Waals surface area (Å²) in [6.45, 7) is 0. The molecule has 1 atom stereocenters. The molecule has 0 bridgehead atoms. The van der Waals surface area contributed by atoms with E-state index in [1.165, 1.54) is 6.26 Å². The number of carbonyl (C=O) groups excluding carboxylic acids is 1. The van der Waals surface area contributed by atoms with Crippen molar-refractivity contribution in [2.75, 3.05) is 0 Å². The van der Waals surface area contributed by atoms with Gasteiger partial charge in [0, 0.05) is 12.0 Å². The Balaban J connectivity index is 2.21. The minimum atomic E-state index is -0.962. The first kappa shape index (κ1) is 9.54. The van der Waals surface area contributed by atoms with Crippen LogP contribution in [-0.2, 0) is 9.53 Å². The van der Waals surface area contributed by atoms with Crippen molar-refractivity contribution in [3.8, 4) is 11.8 Å². The normalized spacial score (nSPS) is 22.7. The number of hydrogen-bond donors (Lipinski definition) is 0. The summed E-state index contributed by atoms with van der Waals surface area (Å²) < 4.78 is 5.19. The molecular formula is C13H10O2.